The number of para-hydroxylation sites is 1. The van der Waals surface area contributed by atoms with Crippen LogP contribution in [0.1, 0.15) is 35.6 Å². The number of piperidine rings is 1. The summed E-state index contributed by atoms with van der Waals surface area (Å²) in [6.45, 7) is 1.90. The average molecular weight is 414 g/mol. The number of likely N-dealkylation sites (N-methyl/N-ethyl adjacent to an activating group) is 1. The molecule has 29 heavy (non-hydrogen) atoms. The Morgan fingerprint density at radius 1 is 1.28 bits per heavy atom. The molecule has 2 aromatic carbocycles. The zero-order chi connectivity index (χ0) is 20.5. The van der Waals surface area contributed by atoms with E-state index in [0.29, 0.717) is 23.0 Å². The fraction of sp³-hybridized carbons (Fsp3) is 0.435. The number of nitrogens with zero attached hydrogens (tertiary/aromatic N) is 3. The van der Waals surface area contributed by atoms with E-state index < -0.39 is 0 Å². The molecular weight excluding hydrogens is 389 g/mol. The number of rotatable bonds is 4. The topological polar surface area (TPSA) is 39.5 Å². The first kappa shape index (κ1) is 20.2. The molecule has 1 heterocycles. The Bertz CT molecular complexity index is 942. The third-order valence-electron chi connectivity index (χ3n) is 6.16. The van der Waals surface area contributed by atoms with Gasteiger partial charge in [0.15, 0.2) is 11.6 Å². The van der Waals surface area contributed by atoms with Crippen LogP contribution in [0.25, 0.3) is 0 Å². The minimum Gasteiger partial charge on any atom is -0.481 e. The molecule has 0 amide bonds. The van der Waals surface area contributed by atoms with E-state index in [2.05, 4.69) is 30.0 Å². The lowest BCUT2D eigenvalue weighted by atomic mass is 10.0. The zero-order valence-corrected chi connectivity index (χ0v) is 17.5. The highest BCUT2D eigenvalue weighted by molar-refractivity contribution is 6.30. The highest BCUT2D eigenvalue weighted by atomic mass is 35.5. The van der Waals surface area contributed by atoms with E-state index in [1.807, 2.05) is 6.07 Å². The largest absolute Gasteiger partial charge is 0.481 e. The van der Waals surface area contributed by atoms with Crippen LogP contribution in [0.4, 0.5) is 4.39 Å². The molecule has 0 radical (unpaired) electrons. The van der Waals surface area contributed by atoms with Crippen molar-refractivity contribution in [2.45, 2.75) is 37.5 Å². The second-order valence-corrected chi connectivity index (χ2v) is 8.56. The average Bonchev–Trinajstić information content (AvgIpc) is 3.07. The fourth-order valence-electron chi connectivity index (χ4n) is 4.61. The number of ether oxygens (including phenoxy) is 1. The van der Waals surface area contributed by atoms with Gasteiger partial charge in [-0.05, 0) is 75.3 Å². The van der Waals surface area contributed by atoms with Crippen LogP contribution < -0.4 is 4.74 Å². The van der Waals surface area contributed by atoms with Crippen molar-refractivity contribution in [2.24, 2.45) is 0 Å². The molecule has 0 unspecified atom stereocenters. The quantitative estimate of drug-likeness (QED) is 0.743. The van der Waals surface area contributed by atoms with Gasteiger partial charge in [0.1, 0.15) is 6.10 Å². The van der Waals surface area contributed by atoms with Crippen LogP contribution in [0, 0.1) is 17.1 Å². The minimum atomic E-state index is -0.382. The molecule has 1 fully saturated rings. The summed E-state index contributed by atoms with van der Waals surface area (Å²) in [4.78, 5) is 4.70. The number of nitriles is 1. The summed E-state index contributed by atoms with van der Waals surface area (Å²) in [7, 11) is 4.22. The second-order valence-electron chi connectivity index (χ2n) is 8.13. The summed E-state index contributed by atoms with van der Waals surface area (Å²) in [5.41, 5.74) is 2.45. The summed E-state index contributed by atoms with van der Waals surface area (Å²) in [5, 5.41) is 10.1. The SMILES string of the molecule is CN(C)[C@@H]1CCCN([C@H]2Cc3c(C#N)cc(Cl)cc3[C@@H]2Oc2ccccc2F)C1. The second kappa shape index (κ2) is 8.31. The maximum Gasteiger partial charge on any atom is 0.165 e. The summed E-state index contributed by atoms with van der Waals surface area (Å²) in [5.74, 6) is -0.151. The molecule has 0 bridgehead atoms. The van der Waals surface area contributed by atoms with Crippen molar-refractivity contribution in [3.8, 4) is 11.8 Å². The van der Waals surface area contributed by atoms with Crippen molar-refractivity contribution < 1.29 is 9.13 Å². The van der Waals surface area contributed by atoms with Crippen LogP contribution in [0.3, 0.4) is 0 Å². The Kier molecular flexibility index (Phi) is 5.78. The maximum atomic E-state index is 14.4. The fourth-order valence-corrected chi connectivity index (χ4v) is 4.84. The van der Waals surface area contributed by atoms with E-state index in [4.69, 9.17) is 16.3 Å². The van der Waals surface area contributed by atoms with Gasteiger partial charge >= 0.3 is 0 Å². The summed E-state index contributed by atoms with van der Waals surface area (Å²) in [6, 6.07) is 12.8. The molecular formula is C23H25ClFN3O. The third-order valence-corrected chi connectivity index (χ3v) is 6.37. The Morgan fingerprint density at radius 3 is 2.79 bits per heavy atom. The van der Waals surface area contributed by atoms with Crippen LogP contribution in [-0.4, -0.2) is 49.1 Å². The summed E-state index contributed by atoms with van der Waals surface area (Å²) >= 11 is 6.30. The lowest BCUT2D eigenvalue weighted by Gasteiger charge is -2.41. The van der Waals surface area contributed by atoms with Crippen molar-refractivity contribution in [3.63, 3.8) is 0 Å². The Morgan fingerprint density at radius 2 is 2.07 bits per heavy atom. The van der Waals surface area contributed by atoms with Crippen LogP contribution in [-0.2, 0) is 6.42 Å². The van der Waals surface area contributed by atoms with Crippen molar-refractivity contribution in [2.75, 3.05) is 27.2 Å². The number of benzene rings is 2. The number of fused-ring (bicyclic) bond motifs is 1. The van der Waals surface area contributed by atoms with Gasteiger partial charge in [0.25, 0.3) is 0 Å². The van der Waals surface area contributed by atoms with E-state index in [1.54, 1.807) is 24.3 Å². The number of hydrogen-bond acceptors (Lipinski definition) is 4. The van der Waals surface area contributed by atoms with Gasteiger partial charge in [-0.25, -0.2) is 4.39 Å². The normalized spacial score (nSPS) is 24.3. The molecule has 2 aromatic rings. The number of halogens is 2. The molecule has 6 heteroatoms. The highest BCUT2D eigenvalue weighted by Crippen LogP contribution is 2.42. The lowest BCUT2D eigenvalue weighted by molar-refractivity contribution is 0.0365. The molecule has 2 aliphatic rings. The van der Waals surface area contributed by atoms with Crippen molar-refractivity contribution in [1.29, 1.82) is 5.26 Å². The molecule has 0 saturated carbocycles. The molecule has 0 N–H and O–H groups in total. The maximum absolute atomic E-state index is 14.4. The van der Waals surface area contributed by atoms with Crippen LogP contribution >= 0.6 is 11.6 Å². The first-order valence-electron chi connectivity index (χ1n) is 10.0. The van der Waals surface area contributed by atoms with E-state index in [-0.39, 0.29) is 23.7 Å². The van der Waals surface area contributed by atoms with E-state index in [9.17, 15) is 9.65 Å². The van der Waals surface area contributed by atoms with E-state index >= 15 is 0 Å². The van der Waals surface area contributed by atoms with Gasteiger partial charge in [-0.15, -0.1) is 0 Å². The highest BCUT2D eigenvalue weighted by Gasteiger charge is 2.41. The van der Waals surface area contributed by atoms with Crippen LogP contribution in [0.15, 0.2) is 36.4 Å². The number of likely N-dealkylation sites (tertiary alicyclic amines) is 1. The standard InChI is InChI=1S/C23H25ClFN3O/c1-27(2)17-6-5-9-28(14-17)21-12-18-15(13-26)10-16(24)11-19(18)23(21)29-22-8-4-3-7-20(22)25/h3-4,7-8,10-11,17,21,23H,5-6,9,12,14H2,1-2H3/t17-,21+,23+/m1/s1. The summed E-state index contributed by atoms with van der Waals surface area (Å²) < 4.78 is 20.6. The van der Waals surface area contributed by atoms with Crippen LogP contribution in [0.5, 0.6) is 5.75 Å². The Hall–Kier alpha value is -2.13. The van der Waals surface area contributed by atoms with Gasteiger partial charge in [0, 0.05) is 17.6 Å². The van der Waals surface area contributed by atoms with Crippen molar-refractivity contribution in [3.05, 3.63) is 63.9 Å². The third kappa shape index (κ3) is 3.98. The van der Waals surface area contributed by atoms with Crippen molar-refractivity contribution in [1.82, 2.24) is 9.80 Å². The molecule has 1 aliphatic heterocycles. The summed E-state index contributed by atoms with van der Waals surface area (Å²) in [6.07, 6.45) is 2.61. The zero-order valence-electron chi connectivity index (χ0n) is 16.7. The predicted molar refractivity (Wildman–Crippen MR) is 112 cm³/mol. The van der Waals surface area contributed by atoms with Crippen molar-refractivity contribution >= 4 is 11.6 Å². The van der Waals surface area contributed by atoms with Crippen LogP contribution in [0.2, 0.25) is 5.02 Å². The minimum absolute atomic E-state index is 0.0397. The van der Waals surface area contributed by atoms with Gasteiger partial charge in [0.2, 0.25) is 0 Å². The van der Waals surface area contributed by atoms with Gasteiger partial charge in [0.05, 0.1) is 17.7 Å². The van der Waals surface area contributed by atoms with Gasteiger partial charge in [-0.3, -0.25) is 4.90 Å². The molecule has 0 spiro atoms. The first-order valence-corrected chi connectivity index (χ1v) is 10.4. The molecule has 1 saturated heterocycles. The predicted octanol–water partition coefficient (Wildman–Crippen LogP) is 4.42. The molecule has 4 rings (SSSR count). The molecule has 0 aromatic heterocycles. The Balaban J connectivity index is 1.72. The van der Waals surface area contributed by atoms with E-state index in [0.717, 1.165) is 37.1 Å². The van der Waals surface area contributed by atoms with Gasteiger partial charge in [-0.1, -0.05) is 23.7 Å². The van der Waals surface area contributed by atoms with Gasteiger partial charge < -0.3 is 9.64 Å². The molecule has 1 aliphatic carbocycles. The van der Waals surface area contributed by atoms with E-state index in [1.165, 1.54) is 6.07 Å². The smallest absolute Gasteiger partial charge is 0.165 e. The lowest BCUT2D eigenvalue weighted by Crippen LogP contribution is -2.51. The number of hydrogen-bond donors (Lipinski definition) is 0. The van der Waals surface area contributed by atoms with Gasteiger partial charge in [-0.2, -0.15) is 5.26 Å². The first-order chi connectivity index (χ1) is 14.0. The molecule has 4 nitrogen and oxygen atoms in total. The Labute approximate surface area is 176 Å². The monoisotopic (exact) mass is 413 g/mol. The molecule has 3 atom stereocenters. The molecule has 152 valence electrons.